The summed E-state index contributed by atoms with van der Waals surface area (Å²) in [6, 6.07) is 0.561. The summed E-state index contributed by atoms with van der Waals surface area (Å²) in [7, 11) is -2.82. The Bertz CT molecular complexity index is 622. The zero-order valence-electron chi connectivity index (χ0n) is 16.1. The average Bonchev–Trinajstić information content (AvgIpc) is 3.33. The maximum atomic E-state index is 11.7. The molecule has 0 aromatic carbocycles. The molecule has 4 rings (SSSR count). The van der Waals surface area contributed by atoms with Crippen LogP contribution in [0.25, 0.3) is 0 Å². The normalized spacial score (nSPS) is 37.8. The molecule has 0 aromatic heterocycles. The first-order chi connectivity index (χ1) is 12.6. The van der Waals surface area contributed by atoms with Crippen molar-refractivity contribution in [2.75, 3.05) is 30.3 Å². The Morgan fingerprint density at radius 3 is 2.63 bits per heavy atom. The van der Waals surface area contributed by atoms with Gasteiger partial charge >= 0.3 is 0 Å². The summed E-state index contributed by atoms with van der Waals surface area (Å²) in [6.45, 7) is 1.60. The molecule has 0 radical (unpaired) electrons. The molecule has 2 bridgehead atoms. The van der Waals surface area contributed by atoms with Crippen molar-refractivity contribution >= 4 is 51.5 Å². The van der Waals surface area contributed by atoms with E-state index in [0.717, 1.165) is 30.8 Å². The maximum absolute atomic E-state index is 11.7. The molecule has 27 heavy (non-hydrogen) atoms. The lowest BCUT2D eigenvalue weighted by atomic mass is 9.95. The Balaban J connectivity index is 0.00000210. The van der Waals surface area contributed by atoms with E-state index in [9.17, 15) is 8.42 Å². The minimum absolute atomic E-state index is 0. The standard InChI is InChI=1S/C19H33N3O2S2.HI/c23-26(24)8-6-15(13-26)11-20-19(21-12-17-3-1-2-7-25-17)22-18-10-14-4-5-16(18)9-14;/h14-18H,1-13H2,(H2,20,21,22);1H. The Morgan fingerprint density at radius 1 is 1.11 bits per heavy atom. The molecule has 2 aliphatic carbocycles. The lowest BCUT2D eigenvalue weighted by molar-refractivity contribution is 0.386. The molecule has 0 aromatic rings. The number of nitrogens with one attached hydrogen (secondary N) is 2. The first-order valence-corrected chi connectivity index (χ1v) is 13.3. The Morgan fingerprint density at radius 2 is 2.00 bits per heavy atom. The van der Waals surface area contributed by atoms with E-state index in [1.807, 2.05) is 0 Å². The van der Waals surface area contributed by atoms with Crippen LogP contribution in [0.5, 0.6) is 0 Å². The number of thioether (sulfide) groups is 1. The van der Waals surface area contributed by atoms with Gasteiger partial charge in [-0.1, -0.05) is 12.8 Å². The van der Waals surface area contributed by atoms with E-state index < -0.39 is 9.84 Å². The van der Waals surface area contributed by atoms with E-state index in [-0.39, 0.29) is 29.9 Å². The van der Waals surface area contributed by atoms with Crippen molar-refractivity contribution in [3.05, 3.63) is 0 Å². The van der Waals surface area contributed by atoms with Crippen molar-refractivity contribution in [3.63, 3.8) is 0 Å². The molecule has 2 N–H and O–H groups in total. The van der Waals surface area contributed by atoms with Gasteiger partial charge in [0.05, 0.1) is 11.5 Å². The summed E-state index contributed by atoms with van der Waals surface area (Å²) in [5.41, 5.74) is 0. The third-order valence-electron chi connectivity index (χ3n) is 6.67. The van der Waals surface area contributed by atoms with Gasteiger partial charge in [-0.25, -0.2) is 8.42 Å². The predicted molar refractivity (Wildman–Crippen MR) is 125 cm³/mol. The topological polar surface area (TPSA) is 70.6 Å². The van der Waals surface area contributed by atoms with Crippen molar-refractivity contribution in [2.24, 2.45) is 22.7 Å². The summed E-state index contributed by atoms with van der Waals surface area (Å²) in [4.78, 5) is 4.82. The van der Waals surface area contributed by atoms with Gasteiger partial charge in [-0.2, -0.15) is 11.8 Å². The Kier molecular flexibility index (Phi) is 8.04. The highest BCUT2D eigenvalue weighted by Crippen LogP contribution is 2.44. The highest BCUT2D eigenvalue weighted by molar-refractivity contribution is 14.0. The fourth-order valence-electron chi connectivity index (χ4n) is 5.16. The van der Waals surface area contributed by atoms with Gasteiger partial charge < -0.3 is 10.6 Å². The van der Waals surface area contributed by atoms with E-state index in [0.29, 0.717) is 29.3 Å². The molecule has 5 unspecified atom stereocenters. The molecule has 2 saturated carbocycles. The second-order valence-corrected chi connectivity index (χ2v) is 12.4. The molecule has 4 fully saturated rings. The molecule has 8 heteroatoms. The lowest BCUT2D eigenvalue weighted by Crippen LogP contribution is -2.47. The largest absolute Gasteiger partial charge is 0.355 e. The van der Waals surface area contributed by atoms with Gasteiger partial charge in [-0.3, -0.25) is 4.99 Å². The fourth-order valence-corrected chi connectivity index (χ4v) is 8.25. The Hall–Kier alpha value is 0.300. The third kappa shape index (κ3) is 6.14. The van der Waals surface area contributed by atoms with Gasteiger partial charge in [0, 0.05) is 24.4 Å². The van der Waals surface area contributed by atoms with E-state index in [1.165, 1.54) is 50.7 Å². The SMILES string of the molecule is I.O=S1(=O)CCC(CN=C(NCC2CCCCS2)NC2CC3CCC2C3)C1. The maximum Gasteiger partial charge on any atom is 0.191 e. The van der Waals surface area contributed by atoms with Crippen molar-refractivity contribution in [2.45, 2.75) is 62.7 Å². The molecule has 5 nitrogen and oxygen atoms in total. The fraction of sp³-hybridized carbons (Fsp3) is 0.947. The van der Waals surface area contributed by atoms with Crippen LogP contribution in [0.3, 0.4) is 0 Å². The van der Waals surface area contributed by atoms with E-state index in [2.05, 4.69) is 22.4 Å². The smallest absolute Gasteiger partial charge is 0.191 e. The number of guanidine groups is 1. The molecular formula is C19H34IN3O2S2. The molecule has 156 valence electrons. The third-order valence-corrected chi connectivity index (χ3v) is 9.90. The average molecular weight is 528 g/mol. The van der Waals surface area contributed by atoms with Crippen LogP contribution in [0.1, 0.15) is 51.4 Å². The lowest BCUT2D eigenvalue weighted by Gasteiger charge is -2.27. The predicted octanol–water partition coefficient (Wildman–Crippen LogP) is 3.05. The van der Waals surface area contributed by atoms with Gasteiger partial charge in [0.25, 0.3) is 0 Å². The molecule has 0 spiro atoms. The van der Waals surface area contributed by atoms with Crippen LogP contribution in [0.2, 0.25) is 0 Å². The van der Waals surface area contributed by atoms with Gasteiger partial charge in [0.1, 0.15) is 0 Å². The van der Waals surface area contributed by atoms with E-state index in [4.69, 9.17) is 4.99 Å². The minimum atomic E-state index is -2.82. The highest BCUT2D eigenvalue weighted by Gasteiger charge is 2.40. The number of nitrogens with zero attached hydrogens (tertiary/aromatic N) is 1. The summed E-state index contributed by atoms with van der Waals surface area (Å²) in [6.07, 6.45) is 10.2. The van der Waals surface area contributed by atoms with E-state index >= 15 is 0 Å². The molecule has 4 aliphatic rings. The van der Waals surface area contributed by atoms with Gasteiger partial charge in [0.2, 0.25) is 0 Å². The van der Waals surface area contributed by atoms with Crippen LogP contribution in [-0.2, 0) is 9.84 Å². The van der Waals surface area contributed by atoms with Crippen LogP contribution in [0.15, 0.2) is 4.99 Å². The molecule has 2 aliphatic heterocycles. The molecule has 0 amide bonds. The summed E-state index contributed by atoms with van der Waals surface area (Å²) < 4.78 is 23.4. The number of hydrogen-bond donors (Lipinski definition) is 2. The van der Waals surface area contributed by atoms with Crippen molar-refractivity contribution in [1.29, 1.82) is 0 Å². The van der Waals surface area contributed by atoms with Gasteiger partial charge in [-0.15, -0.1) is 24.0 Å². The van der Waals surface area contributed by atoms with Crippen LogP contribution >= 0.6 is 35.7 Å². The van der Waals surface area contributed by atoms with Crippen molar-refractivity contribution in [3.8, 4) is 0 Å². The number of fused-ring (bicyclic) bond motifs is 2. The quantitative estimate of drug-likeness (QED) is 0.327. The Labute approximate surface area is 185 Å². The summed E-state index contributed by atoms with van der Waals surface area (Å²) in [5, 5.41) is 7.98. The number of sulfone groups is 1. The number of rotatable bonds is 5. The van der Waals surface area contributed by atoms with Crippen molar-refractivity contribution < 1.29 is 8.42 Å². The highest BCUT2D eigenvalue weighted by atomic mass is 127. The number of hydrogen-bond acceptors (Lipinski definition) is 4. The van der Waals surface area contributed by atoms with Crippen LogP contribution in [0, 0.1) is 17.8 Å². The zero-order chi connectivity index (χ0) is 18.0. The first-order valence-electron chi connectivity index (χ1n) is 10.4. The number of aliphatic imine (C=N–C) groups is 1. The molecular weight excluding hydrogens is 493 g/mol. The minimum Gasteiger partial charge on any atom is -0.355 e. The second kappa shape index (κ2) is 9.87. The van der Waals surface area contributed by atoms with Crippen LogP contribution in [-0.4, -0.2) is 56.0 Å². The van der Waals surface area contributed by atoms with E-state index in [1.54, 1.807) is 0 Å². The van der Waals surface area contributed by atoms with Crippen LogP contribution < -0.4 is 10.6 Å². The second-order valence-electron chi connectivity index (χ2n) is 8.75. The molecule has 2 heterocycles. The molecule has 2 saturated heterocycles. The first kappa shape index (κ1) is 22.0. The van der Waals surface area contributed by atoms with Gasteiger partial charge in [0.15, 0.2) is 15.8 Å². The summed E-state index contributed by atoms with van der Waals surface area (Å²) >= 11 is 2.08. The van der Waals surface area contributed by atoms with Gasteiger partial charge in [-0.05, 0) is 62.0 Å². The monoisotopic (exact) mass is 527 g/mol. The van der Waals surface area contributed by atoms with Crippen LogP contribution in [0.4, 0.5) is 0 Å². The molecule has 5 atom stereocenters. The number of halogens is 1. The zero-order valence-corrected chi connectivity index (χ0v) is 20.0. The summed E-state index contributed by atoms with van der Waals surface area (Å²) in [5.74, 6) is 4.78. The van der Waals surface area contributed by atoms with Crippen molar-refractivity contribution in [1.82, 2.24) is 10.6 Å².